The van der Waals surface area contributed by atoms with Crippen LogP contribution in [-0.4, -0.2) is 40.9 Å². The number of thioether (sulfide) groups is 1. The van der Waals surface area contributed by atoms with Crippen LogP contribution in [0.3, 0.4) is 0 Å². The van der Waals surface area contributed by atoms with E-state index in [1.807, 2.05) is 48.5 Å². The van der Waals surface area contributed by atoms with Crippen LogP contribution >= 0.6 is 11.8 Å². The van der Waals surface area contributed by atoms with Gasteiger partial charge in [0.15, 0.2) is 0 Å². The largest absolute Gasteiger partial charge is 0.497 e. The first-order chi connectivity index (χ1) is 12.2. The number of benzene rings is 2. The van der Waals surface area contributed by atoms with Crippen molar-refractivity contribution in [3.05, 3.63) is 60.3 Å². The number of amides is 1. The predicted molar refractivity (Wildman–Crippen MR) is 99.7 cm³/mol. The first-order valence-electron chi connectivity index (χ1n) is 7.87. The van der Waals surface area contributed by atoms with Gasteiger partial charge in [-0.2, -0.15) is 5.10 Å². The van der Waals surface area contributed by atoms with E-state index in [0.29, 0.717) is 12.3 Å². The molecule has 3 rings (SSSR count). The molecule has 0 fully saturated rings. The Balaban J connectivity index is 1.63. The van der Waals surface area contributed by atoms with Crippen molar-refractivity contribution in [3.63, 3.8) is 0 Å². The summed E-state index contributed by atoms with van der Waals surface area (Å²) in [5.41, 5.74) is 1.03. The lowest BCUT2D eigenvalue weighted by Crippen LogP contribution is -2.27. The Morgan fingerprint density at radius 2 is 2.04 bits per heavy atom. The molecule has 1 heterocycles. The van der Waals surface area contributed by atoms with E-state index >= 15 is 0 Å². The van der Waals surface area contributed by atoms with Crippen LogP contribution in [0.2, 0.25) is 0 Å². The number of nitrogens with zero attached hydrogens (tertiary/aromatic N) is 3. The fourth-order valence-corrected chi connectivity index (χ4v) is 3.41. The summed E-state index contributed by atoms with van der Waals surface area (Å²) in [6.07, 6.45) is 1.73. The summed E-state index contributed by atoms with van der Waals surface area (Å²) in [5, 5.41) is 11.0. The lowest BCUT2D eigenvalue weighted by molar-refractivity contribution is -0.127. The van der Waals surface area contributed by atoms with Gasteiger partial charge in [0.2, 0.25) is 5.91 Å². The Kier molecular flexibility index (Phi) is 5.50. The zero-order valence-electron chi connectivity index (χ0n) is 14.2. The molecule has 0 aliphatic carbocycles. The molecule has 0 aliphatic rings. The van der Waals surface area contributed by atoms with Crippen molar-refractivity contribution in [1.29, 1.82) is 0 Å². The van der Waals surface area contributed by atoms with Crippen molar-refractivity contribution in [1.82, 2.24) is 15.1 Å². The Morgan fingerprint density at radius 1 is 1.20 bits per heavy atom. The van der Waals surface area contributed by atoms with Crippen LogP contribution in [0.1, 0.15) is 5.56 Å². The van der Waals surface area contributed by atoms with Crippen molar-refractivity contribution in [2.75, 3.05) is 19.9 Å². The molecule has 128 valence electrons. The summed E-state index contributed by atoms with van der Waals surface area (Å²) in [6, 6.07) is 15.6. The second kappa shape index (κ2) is 7.98. The standard InChI is InChI=1S/C19H19N3O2S/c1-22(12-14-6-5-8-16(10-14)24-2)18(23)13-25-19-17-9-4-3-7-15(17)11-20-21-19/h3-11H,12-13H2,1-2H3. The summed E-state index contributed by atoms with van der Waals surface area (Å²) in [5.74, 6) is 1.16. The summed E-state index contributed by atoms with van der Waals surface area (Å²) in [7, 11) is 3.44. The van der Waals surface area contributed by atoms with Crippen LogP contribution in [-0.2, 0) is 11.3 Å². The Hall–Kier alpha value is -2.60. The molecule has 0 unspecified atom stereocenters. The number of rotatable bonds is 6. The zero-order chi connectivity index (χ0) is 17.6. The number of carbonyl (C=O) groups excluding carboxylic acids is 1. The third kappa shape index (κ3) is 4.28. The average molecular weight is 353 g/mol. The minimum Gasteiger partial charge on any atom is -0.497 e. The molecule has 0 atom stereocenters. The van der Waals surface area contributed by atoms with Gasteiger partial charge in [-0.15, -0.1) is 5.10 Å². The number of aromatic nitrogens is 2. The van der Waals surface area contributed by atoms with E-state index in [9.17, 15) is 4.79 Å². The molecule has 25 heavy (non-hydrogen) atoms. The lowest BCUT2D eigenvalue weighted by Gasteiger charge is -2.17. The summed E-state index contributed by atoms with van der Waals surface area (Å²) in [6.45, 7) is 0.539. The predicted octanol–water partition coefficient (Wildman–Crippen LogP) is 3.39. The molecule has 0 spiro atoms. The number of hydrogen-bond donors (Lipinski definition) is 0. The Bertz CT molecular complexity index is 880. The van der Waals surface area contributed by atoms with E-state index in [-0.39, 0.29) is 5.91 Å². The fourth-order valence-electron chi connectivity index (χ4n) is 2.48. The lowest BCUT2D eigenvalue weighted by atomic mass is 10.2. The molecule has 1 aromatic heterocycles. The normalized spacial score (nSPS) is 10.6. The number of hydrogen-bond acceptors (Lipinski definition) is 5. The first kappa shape index (κ1) is 17.2. The van der Waals surface area contributed by atoms with Crippen molar-refractivity contribution >= 4 is 28.4 Å². The smallest absolute Gasteiger partial charge is 0.233 e. The molecule has 0 bridgehead atoms. The SMILES string of the molecule is COc1cccc(CN(C)C(=O)CSc2nncc3ccccc23)c1. The van der Waals surface area contributed by atoms with Gasteiger partial charge in [-0.05, 0) is 17.7 Å². The van der Waals surface area contributed by atoms with Crippen LogP contribution < -0.4 is 4.74 Å². The molecule has 0 saturated carbocycles. The number of fused-ring (bicyclic) bond motifs is 1. The molecule has 5 nitrogen and oxygen atoms in total. The van der Waals surface area contributed by atoms with Crippen molar-refractivity contribution < 1.29 is 9.53 Å². The summed E-state index contributed by atoms with van der Waals surface area (Å²) < 4.78 is 5.22. The van der Waals surface area contributed by atoms with Crippen LogP contribution in [0, 0.1) is 0 Å². The van der Waals surface area contributed by atoms with Gasteiger partial charge in [0.05, 0.1) is 19.1 Å². The third-order valence-corrected chi connectivity index (χ3v) is 4.81. The van der Waals surface area contributed by atoms with Gasteiger partial charge in [0, 0.05) is 24.4 Å². The molecule has 6 heteroatoms. The van der Waals surface area contributed by atoms with Crippen LogP contribution in [0.5, 0.6) is 5.75 Å². The number of ether oxygens (including phenoxy) is 1. The average Bonchev–Trinajstić information content (AvgIpc) is 2.66. The van der Waals surface area contributed by atoms with Crippen molar-refractivity contribution in [3.8, 4) is 5.75 Å². The maximum Gasteiger partial charge on any atom is 0.233 e. The number of carbonyl (C=O) groups is 1. The molecular formula is C19H19N3O2S. The maximum atomic E-state index is 12.4. The zero-order valence-corrected chi connectivity index (χ0v) is 15.0. The highest BCUT2D eigenvalue weighted by Crippen LogP contribution is 2.25. The topological polar surface area (TPSA) is 55.3 Å². The van der Waals surface area contributed by atoms with E-state index in [2.05, 4.69) is 10.2 Å². The monoisotopic (exact) mass is 353 g/mol. The molecule has 1 amide bonds. The van der Waals surface area contributed by atoms with Gasteiger partial charge >= 0.3 is 0 Å². The second-order valence-electron chi connectivity index (χ2n) is 5.63. The maximum absolute atomic E-state index is 12.4. The van der Waals surface area contributed by atoms with E-state index in [1.54, 1.807) is 25.3 Å². The van der Waals surface area contributed by atoms with Gasteiger partial charge in [-0.1, -0.05) is 48.2 Å². The summed E-state index contributed by atoms with van der Waals surface area (Å²) in [4.78, 5) is 14.1. The van der Waals surface area contributed by atoms with Gasteiger partial charge in [0.25, 0.3) is 0 Å². The molecule has 0 radical (unpaired) electrons. The Morgan fingerprint density at radius 3 is 2.88 bits per heavy atom. The van der Waals surface area contributed by atoms with Gasteiger partial charge in [0.1, 0.15) is 10.8 Å². The molecule has 0 saturated heterocycles. The highest BCUT2D eigenvalue weighted by molar-refractivity contribution is 8.00. The van der Waals surface area contributed by atoms with Gasteiger partial charge < -0.3 is 9.64 Å². The van der Waals surface area contributed by atoms with Crippen molar-refractivity contribution in [2.45, 2.75) is 11.6 Å². The molecule has 2 aromatic carbocycles. The molecule has 0 aliphatic heterocycles. The summed E-state index contributed by atoms with van der Waals surface area (Å²) >= 11 is 1.42. The molecular weight excluding hydrogens is 334 g/mol. The van der Waals surface area contributed by atoms with Crippen LogP contribution in [0.4, 0.5) is 0 Å². The molecule has 0 N–H and O–H groups in total. The molecule has 3 aromatic rings. The van der Waals surface area contributed by atoms with E-state index in [4.69, 9.17) is 4.74 Å². The highest BCUT2D eigenvalue weighted by Gasteiger charge is 2.12. The van der Waals surface area contributed by atoms with Crippen LogP contribution in [0.15, 0.2) is 59.8 Å². The minimum atomic E-state index is 0.0440. The first-order valence-corrected chi connectivity index (χ1v) is 8.86. The van der Waals surface area contributed by atoms with E-state index in [1.165, 1.54) is 11.8 Å². The van der Waals surface area contributed by atoms with Crippen molar-refractivity contribution in [2.24, 2.45) is 0 Å². The highest BCUT2D eigenvalue weighted by atomic mass is 32.2. The fraction of sp³-hybridized carbons (Fsp3) is 0.211. The van der Waals surface area contributed by atoms with E-state index in [0.717, 1.165) is 27.1 Å². The third-order valence-electron chi connectivity index (χ3n) is 3.85. The number of methoxy groups -OCH3 is 1. The van der Waals surface area contributed by atoms with Gasteiger partial charge in [-0.3, -0.25) is 4.79 Å². The minimum absolute atomic E-state index is 0.0440. The Labute approximate surface area is 151 Å². The van der Waals surface area contributed by atoms with E-state index < -0.39 is 0 Å². The van der Waals surface area contributed by atoms with Gasteiger partial charge in [-0.25, -0.2) is 0 Å². The second-order valence-corrected chi connectivity index (χ2v) is 6.59. The van der Waals surface area contributed by atoms with Crippen LogP contribution in [0.25, 0.3) is 10.8 Å². The quantitative estimate of drug-likeness (QED) is 0.636.